The average Bonchev–Trinajstić information content (AvgIpc) is 3.16. The van der Waals surface area contributed by atoms with Crippen LogP contribution in [-0.2, 0) is 11.3 Å². The lowest BCUT2D eigenvalue weighted by Crippen LogP contribution is -2.51. The summed E-state index contributed by atoms with van der Waals surface area (Å²) < 4.78 is 0. The van der Waals surface area contributed by atoms with Gasteiger partial charge in [0.25, 0.3) is 5.91 Å². The van der Waals surface area contributed by atoms with E-state index in [1.165, 1.54) is 27.4 Å². The smallest absolute Gasteiger partial charge is 0.264 e. The normalized spacial score (nSPS) is 15.1. The summed E-state index contributed by atoms with van der Waals surface area (Å²) in [4.78, 5) is 31.2. The van der Waals surface area contributed by atoms with E-state index in [0.717, 1.165) is 19.6 Å². The monoisotopic (exact) mass is 371 g/mol. The predicted molar refractivity (Wildman–Crippen MR) is 104 cm³/mol. The van der Waals surface area contributed by atoms with Crippen LogP contribution in [0.3, 0.4) is 0 Å². The molecule has 1 aromatic heterocycles. The van der Waals surface area contributed by atoms with Crippen LogP contribution in [0.15, 0.2) is 41.8 Å². The van der Waals surface area contributed by atoms with E-state index in [4.69, 9.17) is 0 Å². The van der Waals surface area contributed by atoms with E-state index in [1.54, 1.807) is 13.1 Å². The van der Waals surface area contributed by atoms with Gasteiger partial charge in [-0.2, -0.15) is 0 Å². The van der Waals surface area contributed by atoms with Gasteiger partial charge in [-0.3, -0.25) is 14.5 Å². The van der Waals surface area contributed by atoms with Crippen molar-refractivity contribution >= 4 is 23.2 Å². The topological polar surface area (TPSA) is 43.9 Å². The first kappa shape index (κ1) is 18.6. The number of nitrogens with zero attached hydrogens (tertiary/aromatic N) is 3. The number of carbonyl (C=O) groups is 2. The minimum Gasteiger partial charge on any atom is -0.339 e. The summed E-state index contributed by atoms with van der Waals surface area (Å²) in [5, 5.41) is 1.87. The number of aryl methyl sites for hydroxylation is 1. The predicted octanol–water partition coefficient (Wildman–Crippen LogP) is 2.47. The number of benzene rings is 1. The highest BCUT2D eigenvalue weighted by Crippen LogP contribution is 2.13. The summed E-state index contributed by atoms with van der Waals surface area (Å²) in [6, 6.07) is 12.2. The zero-order valence-electron chi connectivity index (χ0n) is 15.4. The van der Waals surface area contributed by atoms with Crippen LogP contribution in [0.4, 0.5) is 0 Å². The number of hydrogen-bond acceptors (Lipinski definition) is 4. The van der Waals surface area contributed by atoms with Crippen LogP contribution in [0.1, 0.15) is 20.8 Å². The Morgan fingerprint density at radius 1 is 1.12 bits per heavy atom. The van der Waals surface area contributed by atoms with E-state index >= 15 is 0 Å². The van der Waals surface area contributed by atoms with Crippen molar-refractivity contribution < 1.29 is 9.59 Å². The van der Waals surface area contributed by atoms with Crippen molar-refractivity contribution in [2.75, 3.05) is 39.8 Å². The van der Waals surface area contributed by atoms with Crippen molar-refractivity contribution in [3.05, 3.63) is 57.8 Å². The van der Waals surface area contributed by atoms with Crippen LogP contribution in [0, 0.1) is 6.92 Å². The Balaban J connectivity index is 1.46. The highest BCUT2D eigenvalue weighted by Gasteiger charge is 2.23. The molecule has 6 heteroatoms. The van der Waals surface area contributed by atoms with Gasteiger partial charge in [-0.05, 0) is 23.9 Å². The molecule has 2 amide bonds. The molecule has 1 fully saturated rings. The van der Waals surface area contributed by atoms with Crippen LogP contribution in [0.2, 0.25) is 0 Å². The molecule has 0 saturated carbocycles. The van der Waals surface area contributed by atoms with Gasteiger partial charge in [0, 0.05) is 39.8 Å². The van der Waals surface area contributed by atoms with E-state index in [2.05, 4.69) is 36.1 Å². The summed E-state index contributed by atoms with van der Waals surface area (Å²) in [6.45, 7) is 6.31. The molecule has 1 aliphatic rings. The van der Waals surface area contributed by atoms with Crippen molar-refractivity contribution in [1.29, 1.82) is 0 Å². The number of amides is 2. The van der Waals surface area contributed by atoms with Crippen molar-refractivity contribution in [1.82, 2.24) is 14.7 Å². The summed E-state index contributed by atoms with van der Waals surface area (Å²) >= 11 is 1.40. The molecule has 26 heavy (non-hydrogen) atoms. The fourth-order valence-corrected chi connectivity index (χ4v) is 3.90. The average molecular weight is 372 g/mol. The number of hydrogen-bond donors (Lipinski definition) is 0. The zero-order chi connectivity index (χ0) is 18.5. The van der Waals surface area contributed by atoms with Crippen molar-refractivity contribution in [2.45, 2.75) is 13.5 Å². The van der Waals surface area contributed by atoms with E-state index in [-0.39, 0.29) is 18.4 Å². The molecule has 1 aliphatic heterocycles. The quantitative estimate of drug-likeness (QED) is 0.811. The molecule has 1 aromatic carbocycles. The highest BCUT2D eigenvalue weighted by atomic mass is 32.1. The Morgan fingerprint density at radius 2 is 1.88 bits per heavy atom. The first-order chi connectivity index (χ1) is 12.5. The Bertz CT molecular complexity index is 752. The van der Waals surface area contributed by atoms with E-state index in [9.17, 15) is 9.59 Å². The third-order valence-corrected chi connectivity index (χ3v) is 5.52. The third kappa shape index (κ3) is 4.71. The number of rotatable bonds is 5. The number of carbonyl (C=O) groups excluding carboxylic acids is 2. The Labute approximate surface area is 158 Å². The third-order valence-electron chi connectivity index (χ3n) is 4.66. The van der Waals surface area contributed by atoms with Gasteiger partial charge < -0.3 is 9.80 Å². The number of piperazine rings is 1. The minimum atomic E-state index is -0.0913. The lowest BCUT2D eigenvalue weighted by molar-refractivity contribution is -0.133. The fourth-order valence-electron chi connectivity index (χ4n) is 3.19. The molecule has 1 saturated heterocycles. The van der Waals surface area contributed by atoms with E-state index < -0.39 is 0 Å². The number of likely N-dealkylation sites (N-methyl/N-ethyl adjacent to an activating group) is 1. The van der Waals surface area contributed by atoms with Crippen molar-refractivity contribution in [3.63, 3.8) is 0 Å². The molecular weight excluding hydrogens is 346 g/mol. The lowest BCUT2D eigenvalue weighted by atomic mass is 10.1. The second-order valence-corrected chi connectivity index (χ2v) is 7.73. The summed E-state index contributed by atoms with van der Waals surface area (Å²) in [5.41, 5.74) is 2.58. The molecule has 0 bridgehead atoms. The van der Waals surface area contributed by atoms with Gasteiger partial charge in [0.2, 0.25) is 5.91 Å². The van der Waals surface area contributed by atoms with Crippen molar-refractivity contribution in [2.24, 2.45) is 0 Å². The summed E-state index contributed by atoms with van der Waals surface area (Å²) in [6.07, 6.45) is 0. The van der Waals surface area contributed by atoms with Gasteiger partial charge in [-0.15, -0.1) is 11.3 Å². The maximum Gasteiger partial charge on any atom is 0.264 e. The Hall–Kier alpha value is -2.18. The lowest BCUT2D eigenvalue weighted by Gasteiger charge is -2.35. The molecule has 3 rings (SSSR count). The maximum absolute atomic E-state index is 12.5. The van der Waals surface area contributed by atoms with Crippen molar-refractivity contribution in [3.8, 4) is 0 Å². The van der Waals surface area contributed by atoms with Crippen LogP contribution in [0.25, 0.3) is 0 Å². The van der Waals surface area contributed by atoms with E-state index in [1.807, 2.05) is 16.3 Å². The van der Waals surface area contributed by atoms with Crippen LogP contribution in [-0.4, -0.2) is 66.3 Å². The molecule has 5 nitrogen and oxygen atoms in total. The first-order valence-corrected chi connectivity index (χ1v) is 9.75. The molecule has 2 aromatic rings. The van der Waals surface area contributed by atoms with Crippen LogP contribution in [0.5, 0.6) is 0 Å². The van der Waals surface area contributed by atoms with Crippen LogP contribution >= 0.6 is 11.3 Å². The Kier molecular flexibility index (Phi) is 6.06. The van der Waals surface area contributed by atoms with Gasteiger partial charge in [0.15, 0.2) is 0 Å². The molecule has 0 spiro atoms. The SMILES string of the molecule is Cc1cccc(CN2CCN(C(=O)CN(C)C(=O)c3cccs3)CC2)c1. The number of thiophene rings is 1. The van der Waals surface area contributed by atoms with Gasteiger partial charge in [0.1, 0.15) is 0 Å². The zero-order valence-corrected chi connectivity index (χ0v) is 16.2. The molecule has 0 unspecified atom stereocenters. The largest absolute Gasteiger partial charge is 0.339 e. The molecule has 0 aliphatic carbocycles. The first-order valence-electron chi connectivity index (χ1n) is 8.87. The second kappa shape index (κ2) is 8.47. The van der Waals surface area contributed by atoms with Crippen LogP contribution < -0.4 is 0 Å². The van der Waals surface area contributed by atoms with Gasteiger partial charge >= 0.3 is 0 Å². The summed E-state index contributed by atoms with van der Waals surface area (Å²) in [5.74, 6) is -0.0703. The molecule has 138 valence electrons. The van der Waals surface area contributed by atoms with E-state index in [0.29, 0.717) is 18.0 Å². The minimum absolute atomic E-state index is 0.0209. The fraction of sp³-hybridized carbons (Fsp3) is 0.400. The second-order valence-electron chi connectivity index (χ2n) is 6.78. The standard InChI is InChI=1S/C20H25N3O2S/c1-16-5-3-6-17(13-16)14-22-8-10-23(11-9-22)19(24)15-21(2)20(25)18-7-4-12-26-18/h3-7,12-13H,8-11,14-15H2,1-2H3. The highest BCUT2D eigenvalue weighted by molar-refractivity contribution is 7.12. The van der Waals surface area contributed by atoms with Gasteiger partial charge in [-0.1, -0.05) is 35.9 Å². The molecular formula is C20H25N3O2S. The molecule has 0 radical (unpaired) electrons. The Morgan fingerprint density at radius 3 is 2.54 bits per heavy atom. The van der Waals surface area contributed by atoms with Gasteiger partial charge in [0.05, 0.1) is 11.4 Å². The van der Waals surface area contributed by atoms with Gasteiger partial charge in [-0.25, -0.2) is 0 Å². The maximum atomic E-state index is 12.5. The summed E-state index contributed by atoms with van der Waals surface area (Å²) in [7, 11) is 1.69. The molecule has 2 heterocycles. The molecule has 0 N–H and O–H groups in total. The molecule has 0 atom stereocenters.